The monoisotopic (exact) mass is 416 g/mol. The van der Waals surface area contributed by atoms with Gasteiger partial charge in [-0.15, -0.1) is 0 Å². The Balaban J connectivity index is 1.84. The number of sulfonamides is 1. The number of carbonyl (C=O) groups excluding carboxylic acids is 2. The smallest absolute Gasteiger partial charge is 0.324 e. The molecule has 8 heteroatoms. The van der Waals surface area contributed by atoms with Gasteiger partial charge in [-0.3, -0.25) is 9.59 Å². The molecule has 0 radical (unpaired) electrons. The molecule has 0 unspecified atom stereocenters. The zero-order chi connectivity index (χ0) is 21.4. The Labute approximate surface area is 170 Å². The van der Waals surface area contributed by atoms with Gasteiger partial charge in [-0.2, -0.15) is 4.72 Å². The number of benzene rings is 2. The van der Waals surface area contributed by atoms with Crippen LogP contribution in [0.15, 0.2) is 53.9 Å². The molecule has 0 aliphatic rings. The first kappa shape index (κ1) is 22.3. The van der Waals surface area contributed by atoms with Crippen LogP contribution in [0.5, 0.6) is 0 Å². The number of amides is 1. The molecule has 2 aromatic rings. The van der Waals surface area contributed by atoms with Gasteiger partial charge in [-0.1, -0.05) is 36.4 Å². The number of rotatable bonds is 8. The van der Waals surface area contributed by atoms with Crippen molar-refractivity contribution in [1.29, 1.82) is 0 Å². The van der Waals surface area contributed by atoms with Gasteiger partial charge in [0, 0.05) is 11.1 Å². The molecule has 0 aromatic heterocycles. The SMILES string of the molecule is Cc1ccc(NC(=O)COC(=O)[C@H](C)NS(=O)(=O)/C=C/c2ccccc2)cc1C. The molecule has 0 saturated heterocycles. The molecular formula is C21H24N2O5S. The quantitative estimate of drug-likeness (QED) is 0.645. The van der Waals surface area contributed by atoms with E-state index in [1.807, 2.05) is 32.0 Å². The van der Waals surface area contributed by atoms with Crippen LogP contribution in [-0.2, 0) is 24.3 Å². The predicted octanol–water partition coefficient (Wildman–Crippen LogP) is 2.76. The summed E-state index contributed by atoms with van der Waals surface area (Å²) < 4.78 is 31.2. The molecule has 0 saturated carbocycles. The van der Waals surface area contributed by atoms with Crippen molar-refractivity contribution < 1.29 is 22.7 Å². The largest absolute Gasteiger partial charge is 0.454 e. The number of carbonyl (C=O) groups is 2. The average molecular weight is 416 g/mol. The summed E-state index contributed by atoms with van der Waals surface area (Å²) in [5, 5.41) is 3.60. The zero-order valence-corrected chi connectivity index (χ0v) is 17.3. The normalized spacial score (nSPS) is 12.5. The van der Waals surface area contributed by atoms with Gasteiger partial charge >= 0.3 is 5.97 Å². The fourth-order valence-corrected chi connectivity index (χ4v) is 3.35. The summed E-state index contributed by atoms with van der Waals surface area (Å²) in [6, 6.07) is 13.2. The van der Waals surface area contributed by atoms with Crippen molar-refractivity contribution in [2.45, 2.75) is 26.8 Å². The maximum Gasteiger partial charge on any atom is 0.324 e. The Morgan fingerprint density at radius 3 is 2.41 bits per heavy atom. The molecule has 2 N–H and O–H groups in total. The van der Waals surface area contributed by atoms with Crippen molar-refractivity contribution in [2.75, 3.05) is 11.9 Å². The third-order valence-corrected chi connectivity index (χ3v) is 5.25. The van der Waals surface area contributed by atoms with Crippen molar-refractivity contribution >= 4 is 33.7 Å². The Morgan fingerprint density at radius 2 is 1.76 bits per heavy atom. The second-order valence-electron chi connectivity index (χ2n) is 6.55. The minimum absolute atomic E-state index is 0.513. The maximum absolute atomic E-state index is 12.1. The molecule has 7 nitrogen and oxygen atoms in total. The van der Waals surface area contributed by atoms with Crippen LogP contribution in [0.3, 0.4) is 0 Å². The Hall–Kier alpha value is -2.97. The maximum atomic E-state index is 12.1. The van der Waals surface area contributed by atoms with Crippen LogP contribution in [0.1, 0.15) is 23.6 Å². The van der Waals surface area contributed by atoms with Gasteiger partial charge in [0.25, 0.3) is 5.91 Å². The number of hydrogen-bond donors (Lipinski definition) is 2. The Morgan fingerprint density at radius 1 is 1.07 bits per heavy atom. The number of ether oxygens (including phenoxy) is 1. The van der Waals surface area contributed by atoms with Crippen LogP contribution in [0.4, 0.5) is 5.69 Å². The Kier molecular flexibility index (Phi) is 7.69. The van der Waals surface area contributed by atoms with E-state index < -0.39 is 34.5 Å². The molecule has 0 fully saturated rings. The third-order valence-electron chi connectivity index (χ3n) is 4.07. The number of esters is 1. The lowest BCUT2D eigenvalue weighted by Crippen LogP contribution is -2.39. The van der Waals surface area contributed by atoms with Gasteiger partial charge in [0.05, 0.1) is 0 Å². The fraction of sp³-hybridized carbons (Fsp3) is 0.238. The first-order valence-corrected chi connectivity index (χ1v) is 10.5. The molecule has 0 aliphatic carbocycles. The van der Waals surface area contributed by atoms with E-state index in [0.29, 0.717) is 11.3 Å². The molecule has 154 valence electrons. The van der Waals surface area contributed by atoms with Crippen LogP contribution in [0, 0.1) is 13.8 Å². The summed E-state index contributed by atoms with van der Waals surface area (Å²) in [7, 11) is -3.85. The second-order valence-corrected chi connectivity index (χ2v) is 8.15. The number of hydrogen-bond acceptors (Lipinski definition) is 5. The highest BCUT2D eigenvalue weighted by molar-refractivity contribution is 7.92. The highest BCUT2D eigenvalue weighted by Crippen LogP contribution is 2.14. The number of aryl methyl sites for hydroxylation is 2. The lowest BCUT2D eigenvalue weighted by Gasteiger charge is -2.12. The summed E-state index contributed by atoms with van der Waals surface area (Å²) in [5.74, 6) is -1.36. The molecular weight excluding hydrogens is 392 g/mol. The molecule has 0 aliphatic heterocycles. The first-order chi connectivity index (χ1) is 13.7. The summed E-state index contributed by atoms with van der Waals surface area (Å²) in [6.45, 7) is 4.71. The van der Waals surface area contributed by atoms with Gasteiger partial charge < -0.3 is 10.1 Å². The van der Waals surface area contributed by atoms with Crippen molar-refractivity contribution in [3.8, 4) is 0 Å². The molecule has 0 spiro atoms. The molecule has 1 atom stereocenters. The lowest BCUT2D eigenvalue weighted by atomic mass is 10.1. The molecule has 2 rings (SSSR count). The van der Waals surface area contributed by atoms with Crippen molar-refractivity contribution in [1.82, 2.24) is 4.72 Å². The molecule has 0 bridgehead atoms. The lowest BCUT2D eigenvalue weighted by molar-refractivity contribution is -0.148. The molecule has 1 amide bonds. The molecule has 0 heterocycles. The van der Waals surface area contributed by atoms with Crippen molar-refractivity contribution in [3.05, 3.63) is 70.6 Å². The molecule has 29 heavy (non-hydrogen) atoms. The van der Waals surface area contributed by atoms with E-state index >= 15 is 0 Å². The summed E-state index contributed by atoms with van der Waals surface area (Å²) in [5.41, 5.74) is 3.41. The minimum atomic E-state index is -3.85. The first-order valence-electron chi connectivity index (χ1n) is 8.95. The van der Waals surface area contributed by atoms with E-state index in [1.54, 1.807) is 30.3 Å². The van der Waals surface area contributed by atoms with Crippen molar-refractivity contribution in [2.24, 2.45) is 0 Å². The highest BCUT2D eigenvalue weighted by atomic mass is 32.2. The number of anilines is 1. The highest BCUT2D eigenvalue weighted by Gasteiger charge is 2.20. The van der Waals surface area contributed by atoms with E-state index in [2.05, 4.69) is 10.0 Å². The minimum Gasteiger partial charge on any atom is -0.454 e. The number of nitrogens with one attached hydrogen (secondary N) is 2. The summed E-state index contributed by atoms with van der Waals surface area (Å²) >= 11 is 0. The second kappa shape index (κ2) is 9.99. The van der Waals surface area contributed by atoms with Crippen LogP contribution in [-0.4, -0.2) is 32.9 Å². The van der Waals surface area contributed by atoms with E-state index in [9.17, 15) is 18.0 Å². The van der Waals surface area contributed by atoms with Crippen LogP contribution < -0.4 is 10.0 Å². The average Bonchev–Trinajstić information content (AvgIpc) is 2.68. The zero-order valence-electron chi connectivity index (χ0n) is 16.5. The van der Waals surface area contributed by atoms with Gasteiger partial charge in [0.2, 0.25) is 10.0 Å². The fourth-order valence-electron chi connectivity index (χ4n) is 2.34. The van der Waals surface area contributed by atoms with E-state index in [4.69, 9.17) is 4.74 Å². The summed E-state index contributed by atoms with van der Waals surface area (Å²) in [6.07, 6.45) is 1.41. The van der Waals surface area contributed by atoms with Crippen molar-refractivity contribution in [3.63, 3.8) is 0 Å². The van der Waals surface area contributed by atoms with Crippen LogP contribution in [0.25, 0.3) is 6.08 Å². The molecule has 2 aromatic carbocycles. The standard InChI is InChI=1S/C21H24N2O5S/c1-15-9-10-19(13-16(15)2)22-20(24)14-28-21(25)17(3)23-29(26,27)12-11-18-7-5-4-6-8-18/h4-13,17,23H,14H2,1-3H3,(H,22,24)/b12-11+/t17-/m0/s1. The topological polar surface area (TPSA) is 102 Å². The predicted molar refractivity (Wildman–Crippen MR) is 112 cm³/mol. The Bertz CT molecular complexity index is 1000. The van der Waals surface area contributed by atoms with Gasteiger partial charge in [-0.05, 0) is 55.7 Å². The van der Waals surface area contributed by atoms with Gasteiger partial charge in [0.15, 0.2) is 6.61 Å². The third kappa shape index (κ3) is 7.52. The van der Waals surface area contributed by atoms with Crippen LogP contribution in [0.2, 0.25) is 0 Å². The van der Waals surface area contributed by atoms with E-state index in [1.165, 1.54) is 13.0 Å². The van der Waals surface area contributed by atoms with E-state index in [-0.39, 0.29) is 0 Å². The van der Waals surface area contributed by atoms with Gasteiger partial charge in [-0.25, -0.2) is 8.42 Å². The van der Waals surface area contributed by atoms with E-state index in [0.717, 1.165) is 16.5 Å². The summed E-state index contributed by atoms with van der Waals surface area (Å²) in [4.78, 5) is 23.9. The van der Waals surface area contributed by atoms with Crippen LogP contribution >= 0.6 is 0 Å². The van der Waals surface area contributed by atoms with Gasteiger partial charge in [0.1, 0.15) is 6.04 Å².